The molecule has 0 saturated carbocycles. The van der Waals surface area contributed by atoms with Gasteiger partial charge in [0.25, 0.3) is 0 Å². The van der Waals surface area contributed by atoms with Crippen LogP contribution in [0.2, 0.25) is 0 Å². The highest BCUT2D eigenvalue weighted by Gasteiger charge is 2.10. The molecule has 1 atom stereocenters. The van der Waals surface area contributed by atoms with Gasteiger partial charge >= 0.3 is 0 Å². The summed E-state index contributed by atoms with van der Waals surface area (Å²) < 4.78 is 0. The van der Waals surface area contributed by atoms with Crippen LogP contribution in [0.5, 0.6) is 5.75 Å². The Labute approximate surface area is 129 Å². The molecular weight excluding hydrogens is 277 g/mol. The van der Waals surface area contributed by atoms with E-state index in [4.69, 9.17) is 0 Å². The van der Waals surface area contributed by atoms with Crippen LogP contribution in [0.3, 0.4) is 0 Å². The van der Waals surface area contributed by atoms with Crippen molar-refractivity contribution in [2.24, 2.45) is 0 Å². The predicted octanol–water partition coefficient (Wildman–Crippen LogP) is 3.14. The Morgan fingerprint density at radius 1 is 1.05 bits per heavy atom. The molecule has 2 nitrogen and oxygen atoms in total. The number of hydrogen-bond donors (Lipinski definition) is 2. The van der Waals surface area contributed by atoms with E-state index in [9.17, 15) is 5.11 Å². The van der Waals surface area contributed by atoms with Gasteiger partial charge in [-0.2, -0.15) is 0 Å². The van der Waals surface area contributed by atoms with E-state index in [2.05, 4.69) is 44.3 Å². The first-order chi connectivity index (χ1) is 9.99. The average Bonchev–Trinajstić information content (AvgIpc) is 2.44. The maximum atomic E-state index is 10.3. The van der Waals surface area contributed by atoms with E-state index in [1.165, 1.54) is 16.4 Å². The van der Waals surface area contributed by atoms with E-state index in [1.54, 1.807) is 0 Å². The molecule has 2 N–H and O–H groups in total. The zero-order valence-corrected chi connectivity index (χ0v) is 14.2. The minimum absolute atomic E-state index is 0.432. The van der Waals surface area contributed by atoms with Gasteiger partial charge in [-0.25, -0.2) is 0 Å². The largest absolute Gasteiger partial charge is 0.507 e. The predicted molar refractivity (Wildman–Crippen MR) is 93.6 cm³/mol. The molecule has 2 rings (SSSR count). The molecular formula is C18H24NOP. The third-order valence-corrected chi connectivity index (χ3v) is 5.20. The second-order valence-electron chi connectivity index (χ2n) is 5.74. The number of phenolic OH excluding ortho intramolecular Hbond substituents is 1. The van der Waals surface area contributed by atoms with Crippen molar-refractivity contribution in [2.75, 3.05) is 0 Å². The smallest absolute Gasteiger partial charge is 0.126 e. The third kappa shape index (κ3) is 4.06. The summed E-state index contributed by atoms with van der Waals surface area (Å²) in [7, 11) is 0.483. The first-order valence-corrected chi connectivity index (χ1v) is 8.36. The zero-order valence-electron chi connectivity index (χ0n) is 13.2. The molecule has 0 aliphatic rings. The van der Waals surface area contributed by atoms with Gasteiger partial charge in [-0.3, -0.25) is 0 Å². The number of hydrogen-bond acceptors (Lipinski definition) is 2. The Hall–Kier alpha value is -1.37. The lowest BCUT2D eigenvalue weighted by molar-refractivity contribution is 0.475. The quantitative estimate of drug-likeness (QED) is 0.832. The number of phenols is 1. The number of aromatic hydroxyl groups is 1. The zero-order chi connectivity index (χ0) is 15.4. The Balaban J connectivity index is 2.32. The van der Waals surface area contributed by atoms with E-state index in [0.717, 1.165) is 17.4 Å². The molecule has 0 heterocycles. The van der Waals surface area contributed by atoms with Crippen LogP contribution in [0.15, 0.2) is 36.4 Å². The lowest BCUT2D eigenvalue weighted by Gasteiger charge is -2.16. The van der Waals surface area contributed by atoms with Crippen LogP contribution >= 0.6 is 8.58 Å². The van der Waals surface area contributed by atoms with Gasteiger partial charge in [-0.05, 0) is 35.8 Å². The van der Waals surface area contributed by atoms with E-state index in [0.29, 0.717) is 20.4 Å². The van der Waals surface area contributed by atoms with Gasteiger partial charge in [0.15, 0.2) is 0 Å². The van der Waals surface area contributed by atoms with Crippen molar-refractivity contribution >= 4 is 19.2 Å². The Morgan fingerprint density at radius 3 is 2.43 bits per heavy atom. The highest BCUT2D eigenvalue weighted by molar-refractivity contribution is 7.56. The Kier molecular flexibility index (Phi) is 5.39. The first kappa shape index (κ1) is 16.0. The molecule has 2 aromatic rings. The van der Waals surface area contributed by atoms with Gasteiger partial charge in [0, 0.05) is 17.9 Å². The van der Waals surface area contributed by atoms with Crippen LogP contribution in [0.25, 0.3) is 0 Å². The molecule has 0 fully saturated rings. The van der Waals surface area contributed by atoms with Crippen molar-refractivity contribution < 1.29 is 5.11 Å². The Bertz CT molecular complexity index is 623. The van der Waals surface area contributed by atoms with E-state index >= 15 is 0 Å². The average molecular weight is 301 g/mol. The summed E-state index contributed by atoms with van der Waals surface area (Å²) >= 11 is 0. The lowest BCUT2D eigenvalue weighted by atomic mass is 10.1. The van der Waals surface area contributed by atoms with Gasteiger partial charge in [-0.1, -0.05) is 58.8 Å². The van der Waals surface area contributed by atoms with Gasteiger partial charge in [0.2, 0.25) is 0 Å². The highest BCUT2D eigenvalue weighted by Crippen LogP contribution is 2.24. The normalized spacial score (nSPS) is 11.7. The van der Waals surface area contributed by atoms with Crippen molar-refractivity contribution in [1.29, 1.82) is 0 Å². The lowest BCUT2D eigenvalue weighted by Crippen LogP contribution is -2.25. The second-order valence-corrected chi connectivity index (χ2v) is 7.03. The van der Waals surface area contributed by atoms with E-state index in [-0.39, 0.29) is 0 Å². The SMILES string of the molecule is Cc1cccc(Pc2c(C)cccc2CNC(C)C)c1O. The molecule has 0 spiro atoms. The summed E-state index contributed by atoms with van der Waals surface area (Å²) in [5, 5.41) is 16.1. The van der Waals surface area contributed by atoms with Crippen LogP contribution in [0.4, 0.5) is 0 Å². The highest BCUT2D eigenvalue weighted by atomic mass is 31.1. The molecule has 2 aromatic carbocycles. The van der Waals surface area contributed by atoms with Gasteiger partial charge in [-0.15, -0.1) is 0 Å². The molecule has 0 aromatic heterocycles. The molecule has 0 aliphatic carbocycles. The van der Waals surface area contributed by atoms with E-state index in [1.807, 2.05) is 25.1 Å². The van der Waals surface area contributed by atoms with Gasteiger partial charge in [0.1, 0.15) is 5.75 Å². The maximum absolute atomic E-state index is 10.3. The molecule has 0 radical (unpaired) electrons. The number of nitrogens with one attached hydrogen (secondary N) is 1. The number of aryl methyl sites for hydroxylation is 2. The molecule has 0 aliphatic heterocycles. The Morgan fingerprint density at radius 2 is 1.71 bits per heavy atom. The fraction of sp³-hybridized carbons (Fsp3) is 0.333. The fourth-order valence-corrected chi connectivity index (χ4v) is 3.64. The van der Waals surface area contributed by atoms with Crippen LogP contribution in [-0.2, 0) is 6.54 Å². The summed E-state index contributed by atoms with van der Waals surface area (Å²) in [5.41, 5.74) is 3.55. The molecule has 0 bridgehead atoms. The summed E-state index contributed by atoms with van der Waals surface area (Å²) in [4.78, 5) is 0. The molecule has 0 saturated heterocycles. The van der Waals surface area contributed by atoms with Crippen molar-refractivity contribution in [3.8, 4) is 5.75 Å². The van der Waals surface area contributed by atoms with Crippen LogP contribution in [-0.4, -0.2) is 11.1 Å². The van der Waals surface area contributed by atoms with Crippen molar-refractivity contribution in [1.82, 2.24) is 5.32 Å². The van der Waals surface area contributed by atoms with Gasteiger partial charge < -0.3 is 10.4 Å². The standard InChI is InChI=1S/C18H24NOP/c1-12(2)19-11-15-9-5-8-14(4)18(15)21-16-10-6-7-13(3)17(16)20/h5-10,12,19-21H,11H2,1-4H3. The number of benzene rings is 2. The van der Waals surface area contributed by atoms with Crippen molar-refractivity contribution in [3.63, 3.8) is 0 Å². The minimum Gasteiger partial charge on any atom is -0.507 e. The minimum atomic E-state index is 0.432. The first-order valence-electron chi connectivity index (χ1n) is 7.36. The van der Waals surface area contributed by atoms with Crippen LogP contribution in [0.1, 0.15) is 30.5 Å². The summed E-state index contributed by atoms with van der Waals surface area (Å²) in [6.07, 6.45) is 0. The van der Waals surface area contributed by atoms with Crippen molar-refractivity contribution in [2.45, 2.75) is 40.3 Å². The van der Waals surface area contributed by atoms with Crippen molar-refractivity contribution in [3.05, 3.63) is 53.1 Å². The van der Waals surface area contributed by atoms with Gasteiger partial charge in [0.05, 0.1) is 0 Å². The van der Waals surface area contributed by atoms with E-state index < -0.39 is 0 Å². The monoisotopic (exact) mass is 301 g/mol. The molecule has 3 heteroatoms. The number of rotatable bonds is 5. The summed E-state index contributed by atoms with van der Waals surface area (Å²) in [6.45, 7) is 9.28. The fourth-order valence-electron chi connectivity index (χ4n) is 2.26. The molecule has 1 unspecified atom stereocenters. The second kappa shape index (κ2) is 7.06. The topological polar surface area (TPSA) is 32.3 Å². The summed E-state index contributed by atoms with van der Waals surface area (Å²) in [6, 6.07) is 12.9. The molecule has 21 heavy (non-hydrogen) atoms. The summed E-state index contributed by atoms with van der Waals surface area (Å²) in [5.74, 6) is 0.432. The molecule has 112 valence electrons. The maximum Gasteiger partial charge on any atom is 0.126 e. The third-order valence-electron chi connectivity index (χ3n) is 3.56. The van der Waals surface area contributed by atoms with Crippen LogP contribution in [0, 0.1) is 13.8 Å². The van der Waals surface area contributed by atoms with Crippen LogP contribution < -0.4 is 15.9 Å². The number of para-hydroxylation sites is 1. The molecule has 0 amide bonds.